The lowest BCUT2D eigenvalue weighted by Crippen LogP contribution is -2.15. The monoisotopic (exact) mass is 283 g/mol. The second-order valence-corrected chi connectivity index (χ2v) is 5.57. The molecule has 19 heavy (non-hydrogen) atoms. The normalized spacial score (nSPS) is 11.5. The smallest absolute Gasteiger partial charge is 0.238 e. The maximum atomic E-state index is 11.4. The van der Waals surface area contributed by atoms with E-state index in [1.165, 1.54) is 6.39 Å². The van der Waals surface area contributed by atoms with Gasteiger partial charge in [-0.25, -0.2) is 13.6 Å². The number of aromatic nitrogens is 2. The van der Waals surface area contributed by atoms with Gasteiger partial charge in [0, 0.05) is 0 Å². The first-order valence-electron chi connectivity index (χ1n) is 5.40. The summed E-state index contributed by atoms with van der Waals surface area (Å²) in [7, 11) is -3.73. The van der Waals surface area contributed by atoms with Gasteiger partial charge >= 0.3 is 0 Å². The molecule has 0 spiro atoms. The molecule has 1 heterocycles. The zero-order chi connectivity index (χ0) is 14.0. The van der Waals surface area contributed by atoms with Gasteiger partial charge in [-0.3, -0.25) is 0 Å². The van der Waals surface area contributed by atoms with E-state index >= 15 is 0 Å². The van der Waals surface area contributed by atoms with Crippen LogP contribution >= 0.6 is 0 Å². The lowest BCUT2D eigenvalue weighted by atomic mass is 10.1. The summed E-state index contributed by atoms with van der Waals surface area (Å²) < 4.78 is 32.9. The third-order valence-electron chi connectivity index (χ3n) is 2.49. The molecule has 0 saturated carbocycles. The summed E-state index contributed by atoms with van der Waals surface area (Å²) in [6.45, 7) is 3.46. The summed E-state index contributed by atoms with van der Waals surface area (Å²) in [5.41, 5.74) is 1.07. The van der Waals surface area contributed by atoms with Gasteiger partial charge in [0.25, 0.3) is 0 Å². The number of primary sulfonamides is 1. The van der Waals surface area contributed by atoms with Crippen LogP contribution in [0.3, 0.4) is 0 Å². The Balaban J connectivity index is 2.25. The molecule has 0 unspecified atom stereocenters. The number of hydrogen-bond acceptors (Lipinski definition) is 6. The van der Waals surface area contributed by atoms with Crippen LogP contribution in [0.4, 0.5) is 0 Å². The Hall–Kier alpha value is -1.93. The van der Waals surface area contributed by atoms with Crippen molar-refractivity contribution in [3.63, 3.8) is 0 Å². The van der Waals surface area contributed by atoms with Gasteiger partial charge in [-0.2, -0.15) is 4.98 Å². The van der Waals surface area contributed by atoms with Gasteiger partial charge in [0.1, 0.15) is 5.75 Å². The predicted molar refractivity (Wildman–Crippen MR) is 65.9 cm³/mol. The molecule has 0 bridgehead atoms. The Morgan fingerprint density at radius 2 is 1.95 bits per heavy atom. The highest BCUT2D eigenvalue weighted by atomic mass is 32.2. The van der Waals surface area contributed by atoms with Crippen LogP contribution in [0.5, 0.6) is 5.75 Å². The molecule has 2 rings (SSSR count). The van der Waals surface area contributed by atoms with E-state index in [1.54, 1.807) is 26.0 Å². The summed E-state index contributed by atoms with van der Waals surface area (Å²) in [6.07, 6.45) is 1.21. The molecule has 0 aliphatic rings. The Morgan fingerprint density at radius 1 is 1.32 bits per heavy atom. The van der Waals surface area contributed by atoms with Gasteiger partial charge in [0.2, 0.25) is 22.2 Å². The minimum absolute atomic E-state index is 0.124. The van der Waals surface area contributed by atoms with Gasteiger partial charge < -0.3 is 9.26 Å². The Morgan fingerprint density at radius 3 is 2.42 bits per heavy atom. The van der Waals surface area contributed by atoms with Gasteiger partial charge in [-0.1, -0.05) is 5.16 Å². The molecule has 7 nitrogen and oxygen atoms in total. The molecule has 0 aliphatic carbocycles. The second-order valence-electron chi connectivity index (χ2n) is 4.07. The number of nitrogens with two attached hydrogens (primary N) is 1. The van der Waals surface area contributed by atoms with Crippen LogP contribution < -0.4 is 9.88 Å². The van der Waals surface area contributed by atoms with Crippen molar-refractivity contribution in [2.24, 2.45) is 5.14 Å². The minimum atomic E-state index is -3.73. The Labute approximate surface area is 110 Å². The first-order valence-corrected chi connectivity index (χ1v) is 6.94. The molecule has 0 amide bonds. The summed E-state index contributed by atoms with van der Waals surface area (Å²) >= 11 is 0. The quantitative estimate of drug-likeness (QED) is 0.893. The Kier molecular flexibility index (Phi) is 3.54. The van der Waals surface area contributed by atoms with E-state index in [1.807, 2.05) is 0 Å². The fourth-order valence-electron chi connectivity index (χ4n) is 1.85. The number of rotatable bonds is 4. The maximum Gasteiger partial charge on any atom is 0.238 e. The van der Waals surface area contributed by atoms with Crippen molar-refractivity contribution >= 4 is 10.0 Å². The number of nitrogens with zero attached hydrogens (tertiary/aromatic N) is 2. The SMILES string of the molecule is Cc1cc(OCc2ncon2)cc(C)c1S(N)(=O)=O. The van der Waals surface area contributed by atoms with Crippen LogP contribution in [0.15, 0.2) is 27.9 Å². The first-order chi connectivity index (χ1) is 8.88. The average Bonchev–Trinajstić information content (AvgIpc) is 2.76. The molecule has 8 heteroatoms. The van der Waals surface area contributed by atoms with Crippen molar-refractivity contribution < 1.29 is 17.7 Å². The Bertz CT molecular complexity index is 657. The van der Waals surface area contributed by atoms with Crippen LogP contribution in [-0.2, 0) is 16.6 Å². The molecular weight excluding hydrogens is 270 g/mol. The highest BCUT2D eigenvalue weighted by Crippen LogP contribution is 2.25. The molecule has 1 aromatic carbocycles. The number of aryl methyl sites for hydroxylation is 2. The molecule has 0 aliphatic heterocycles. The molecule has 102 valence electrons. The average molecular weight is 283 g/mol. The van der Waals surface area contributed by atoms with Crippen molar-refractivity contribution in [3.8, 4) is 5.75 Å². The van der Waals surface area contributed by atoms with Crippen LogP contribution in [-0.4, -0.2) is 18.6 Å². The van der Waals surface area contributed by atoms with Crippen LogP contribution in [0.25, 0.3) is 0 Å². The molecule has 0 fully saturated rings. The third-order valence-corrected chi connectivity index (χ3v) is 3.71. The van der Waals surface area contributed by atoms with Gasteiger partial charge in [0.15, 0.2) is 6.61 Å². The predicted octanol–water partition coefficient (Wildman–Crippen LogP) is 0.913. The van der Waals surface area contributed by atoms with E-state index in [-0.39, 0.29) is 11.5 Å². The molecule has 1 aromatic heterocycles. The number of ether oxygens (including phenoxy) is 1. The molecule has 2 N–H and O–H groups in total. The van der Waals surface area contributed by atoms with E-state index in [0.717, 1.165) is 0 Å². The largest absolute Gasteiger partial charge is 0.485 e. The first kappa shape index (κ1) is 13.5. The molecule has 0 radical (unpaired) electrons. The van der Waals surface area contributed by atoms with Gasteiger partial charge in [0.05, 0.1) is 4.90 Å². The summed E-state index contributed by atoms with van der Waals surface area (Å²) in [5.74, 6) is 0.929. The molecule has 2 aromatic rings. The number of hydrogen-bond donors (Lipinski definition) is 1. The fourth-order valence-corrected chi connectivity index (χ4v) is 2.86. The summed E-state index contributed by atoms with van der Waals surface area (Å²) in [5, 5.41) is 8.76. The highest BCUT2D eigenvalue weighted by Gasteiger charge is 2.16. The standard InChI is InChI=1S/C11H13N3O4S/c1-7-3-9(17-5-10-13-6-18-14-10)4-8(2)11(7)19(12,15)16/h3-4,6H,5H2,1-2H3,(H2,12,15,16). The summed E-state index contributed by atoms with van der Waals surface area (Å²) in [6, 6.07) is 3.21. The minimum Gasteiger partial charge on any atom is -0.485 e. The molecular formula is C11H13N3O4S. The number of sulfonamides is 1. The fraction of sp³-hybridized carbons (Fsp3) is 0.273. The van der Waals surface area contributed by atoms with Crippen LogP contribution in [0.1, 0.15) is 17.0 Å². The van der Waals surface area contributed by atoms with Crippen molar-refractivity contribution in [3.05, 3.63) is 35.5 Å². The van der Waals surface area contributed by atoms with E-state index in [0.29, 0.717) is 22.7 Å². The van der Waals surface area contributed by atoms with Crippen molar-refractivity contribution in [2.75, 3.05) is 0 Å². The molecule has 0 atom stereocenters. The van der Waals surface area contributed by atoms with Crippen molar-refractivity contribution in [2.45, 2.75) is 25.3 Å². The second kappa shape index (κ2) is 4.98. The maximum absolute atomic E-state index is 11.4. The van der Waals surface area contributed by atoms with E-state index in [4.69, 9.17) is 9.88 Å². The molecule has 0 saturated heterocycles. The van der Waals surface area contributed by atoms with Crippen molar-refractivity contribution in [1.82, 2.24) is 10.1 Å². The van der Waals surface area contributed by atoms with Gasteiger partial charge in [-0.15, -0.1) is 0 Å². The van der Waals surface area contributed by atoms with Crippen LogP contribution in [0.2, 0.25) is 0 Å². The van der Waals surface area contributed by atoms with E-state index < -0.39 is 10.0 Å². The third kappa shape index (κ3) is 3.09. The van der Waals surface area contributed by atoms with E-state index in [9.17, 15) is 8.42 Å². The lowest BCUT2D eigenvalue weighted by Gasteiger charge is -2.11. The van der Waals surface area contributed by atoms with Gasteiger partial charge in [-0.05, 0) is 37.1 Å². The lowest BCUT2D eigenvalue weighted by molar-refractivity contribution is 0.286. The summed E-state index contributed by atoms with van der Waals surface area (Å²) in [4.78, 5) is 3.94. The number of benzene rings is 1. The topological polar surface area (TPSA) is 108 Å². The van der Waals surface area contributed by atoms with Crippen molar-refractivity contribution in [1.29, 1.82) is 0 Å². The zero-order valence-corrected chi connectivity index (χ0v) is 11.3. The van der Waals surface area contributed by atoms with Crippen LogP contribution in [0, 0.1) is 13.8 Å². The highest BCUT2D eigenvalue weighted by molar-refractivity contribution is 7.89. The van der Waals surface area contributed by atoms with E-state index in [2.05, 4.69) is 14.7 Å². The zero-order valence-electron chi connectivity index (χ0n) is 10.5.